The van der Waals surface area contributed by atoms with Gasteiger partial charge in [0.15, 0.2) is 6.61 Å². The van der Waals surface area contributed by atoms with Crippen molar-refractivity contribution in [2.24, 2.45) is 0 Å². The minimum absolute atomic E-state index is 0.0844. The Labute approximate surface area is 134 Å². The third kappa shape index (κ3) is 3.18. The third-order valence-electron chi connectivity index (χ3n) is 3.93. The van der Waals surface area contributed by atoms with Gasteiger partial charge in [0.1, 0.15) is 12.0 Å². The van der Waals surface area contributed by atoms with Gasteiger partial charge < -0.3 is 15.4 Å². The minimum Gasteiger partial charge on any atom is -0.482 e. The summed E-state index contributed by atoms with van der Waals surface area (Å²) in [6, 6.07) is 12.7. The maximum atomic E-state index is 12.5. The van der Waals surface area contributed by atoms with Crippen LogP contribution in [0, 0.1) is 0 Å². The van der Waals surface area contributed by atoms with Crippen LogP contribution in [-0.4, -0.2) is 25.3 Å². The van der Waals surface area contributed by atoms with Crippen molar-refractivity contribution in [1.82, 2.24) is 0 Å². The number of carbonyl (C=O) groups is 2. The van der Waals surface area contributed by atoms with Crippen molar-refractivity contribution in [3.63, 3.8) is 0 Å². The Balaban J connectivity index is 1.70. The zero-order chi connectivity index (χ0) is 16.2. The number of benzene rings is 2. The van der Waals surface area contributed by atoms with Gasteiger partial charge in [-0.3, -0.25) is 9.59 Å². The SMILES string of the molecule is Nc1cc(C=O)ccc1OCC(=O)N1CCCc2ccccc21. The number of fused-ring (bicyclic) bond motifs is 1. The predicted molar refractivity (Wildman–Crippen MR) is 88.9 cm³/mol. The molecule has 1 heterocycles. The summed E-state index contributed by atoms with van der Waals surface area (Å²) in [5, 5.41) is 0. The van der Waals surface area contributed by atoms with E-state index in [2.05, 4.69) is 0 Å². The summed E-state index contributed by atoms with van der Waals surface area (Å²) >= 11 is 0. The van der Waals surface area contributed by atoms with Crippen LogP contribution in [0.3, 0.4) is 0 Å². The second-order valence-electron chi connectivity index (χ2n) is 5.48. The second-order valence-corrected chi connectivity index (χ2v) is 5.48. The highest BCUT2D eigenvalue weighted by Crippen LogP contribution is 2.27. The lowest BCUT2D eigenvalue weighted by Gasteiger charge is -2.29. The van der Waals surface area contributed by atoms with E-state index in [1.165, 1.54) is 11.6 Å². The van der Waals surface area contributed by atoms with Gasteiger partial charge in [-0.2, -0.15) is 0 Å². The summed E-state index contributed by atoms with van der Waals surface area (Å²) in [5.74, 6) is 0.310. The summed E-state index contributed by atoms with van der Waals surface area (Å²) in [6.45, 7) is 0.609. The molecule has 0 saturated carbocycles. The van der Waals surface area contributed by atoms with Crippen LogP contribution in [0.15, 0.2) is 42.5 Å². The van der Waals surface area contributed by atoms with Gasteiger partial charge in [0, 0.05) is 17.8 Å². The average molecular weight is 310 g/mol. The number of para-hydroxylation sites is 1. The Kier molecular flexibility index (Phi) is 4.28. The Morgan fingerprint density at radius 2 is 2.09 bits per heavy atom. The number of hydrogen-bond donors (Lipinski definition) is 1. The molecule has 0 saturated heterocycles. The van der Waals surface area contributed by atoms with Crippen molar-refractivity contribution in [3.05, 3.63) is 53.6 Å². The Bertz CT molecular complexity index is 743. The highest BCUT2D eigenvalue weighted by molar-refractivity contribution is 5.95. The lowest BCUT2D eigenvalue weighted by molar-refractivity contribution is -0.120. The average Bonchev–Trinajstić information content (AvgIpc) is 2.59. The fourth-order valence-corrected chi connectivity index (χ4v) is 2.78. The molecule has 1 aliphatic heterocycles. The number of aryl methyl sites for hydroxylation is 1. The zero-order valence-electron chi connectivity index (χ0n) is 12.7. The van der Waals surface area contributed by atoms with Gasteiger partial charge in [0.05, 0.1) is 5.69 Å². The van der Waals surface area contributed by atoms with E-state index in [4.69, 9.17) is 10.5 Å². The van der Waals surface area contributed by atoms with Crippen LogP contribution < -0.4 is 15.4 Å². The molecule has 2 aromatic rings. The van der Waals surface area contributed by atoms with Crippen molar-refractivity contribution < 1.29 is 14.3 Å². The summed E-state index contributed by atoms with van der Waals surface area (Å²) in [6.07, 6.45) is 2.65. The van der Waals surface area contributed by atoms with E-state index < -0.39 is 0 Å². The summed E-state index contributed by atoms with van der Waals surface area (Å²) < 4.78 is 5.53. The smallest absolute Gasteiger partial charge is 0.264 e. The van der Waals surface area contributed by atoms with E-state index in [0.29, 0.717) is 23.5 Å². The molecule has 0 spiro atoms. The monoisotopic (exact) mass is 310 g/mol. The van der Waals surface area contributed by atoms with E-state index in [-0.39, 0.29) is 12.5 Å². The first-order valence-electron chi connectivity index (χ1n) is 7.55. The van der Waals surface area contributed by atoms with E-state index >= 15 is 0 Å². The zero-order valence-corrected chi connectivity index (χ0v) is 12.7. The number of hydrogen-bond acceptors (Lipinski definition) is 4. The van der Waals surface area contributed by atoms with Crippen LogP contribution in [0.5, 0.6) is 5.75 Å². The number of rotatable bonds is 4. The van der Waals surface area contributed by atoms with Gasteiger partial charge in [0.25, 0.3) is 5.91 Å². The third-order valence-corrected chi connectivity index (χ3v) is 3.93. The van der Waals surface area contributed by atoms with Gasteiger partial charge in [0.2, 0.25) is 0 Å². The number of aldehydes is 1. The predicted octanol–water partition coefficient (Wildman–Crippen LogP) is 2.44. The highest BCUT2D eigenvalue weighted by Gasteiger charge is 2.22. The van der Waals surface area contributed by atoms with E-state index in [1.807, 2.05) is 24.3 Å². The van der Waals surface area contributed by atoms with Gasteiger partial charge in [-0.25, -0.2) is 0 Å². The number of carbonyl (C=O) groups excluding carboxylic acids is 2. The number of ether oxygens (including phenoxy) is 1. The van der Waals surface area contributed by atoms with Crippen LogP contribution in [0.25, 0.3) is 0 Å². The Morgan fingerprint density at radius 1 is 1.26 bits per heavy atom. The Morgan fingerprint density at radius 3 is 2.87 bits per heavy atom. The van der Waals surface area contributed by atoms with Crippen LogP contribution in [0.4, 0.5) is 11.4 Å². The van der Waals surface area contributed by atoms with Crippen molar-refractivity contribution >= 4 is 23.6 Å². The fourth-order valence-electron chi connectivity index (χ4n) is 2.78. The van der Waals surface area contributed by atoms with Gasteiger partial charge in [-0.05, 0) is 42.7 Å². The van der Waals surface area contributed by atoms with Crippen molar-refractivity contribution in [1.29, 1.82) is 0 Å². The normalized spacial score (nSPS) is 13.3. The molecule has 2 aromatic carbocycles. The molecule has 0 aliphatic carbocycles. The molecular formula is C18H18N2O3. The molecular weight excluding hydrogens is 292 g/mol. The number of anilines is 2. The van der Waals surface area contributed by atoms with Gasteiger partial charge in [-0.15, -0.1) is 0 Å². The lowest BCUT2D eigenvalue weighted by atomic mass is 10.0. The maximum Gasteiger partial charge on any atom is 0.264 e. The molecule has 5 nitrogen and oxygen atoms in total. The molecule has 2 N–H and O–H groups in total. The van der Waals surface area contributed by atoms with Gasteiger partial charge in [-0.1, -0.05) is 18.2 Å². The minimum atomic E-state index is -0.101. The van der Waals surface area contributed by atoms with Crippen LogP contribution in [0.1, 0.15) is 22.3 Å². The summed E-state index contributed by atoms with van der Waals surface area (Å²) in [7, 11) is 0. The second kappa shape index (κ2) is 6.52. The summed E-state index contributed by atoms with van der Waals surface area (Å²) in [5.41, 5.74) is 8.79. The number of amides is 1. The first-order valence-corrected chi connectivity index (χ1v) is 7.55. The molecule has 0 atom stereocenters. The number of nitrogens with two attached hydrogens (primary N) is 1. The molecule has 1 amide bonds. The first kappa shape index (κ1) is 15.1. The molecule has 0 bridgehead atoms. The molecule has 118 valence electrons. The molecule has 0 aromatic heterocycles. The Hall–Kier alpha value is -2.82. The van der Waals surface area contributed by atoms with Gasteiger partial charge >= 0.3 is 0 Å². The topological polar surface area (TPSA) is 72.6 Å². The maximum absolute atomic E-state index is 12.5. The van der Waals surface area contributed by atoms with E-state index in [1.54, 1.807) is 17.0 Å². The van der Waals surface area contributed by atoms with Crippen molar-refractivity contribution in [2.75, 3.05) is 23.8 Å². The summed E-state index contributed by atoms with van der Waals surface area (Å²) in [4.78, 5) is 24.9. The molecule has 0 unspecified atom stereocenters. The molecule has 0 radical (unpaired) electrons. The molecule has 3 rings (SSSR count). The largest absolute Gasteiger partial charge is 0.482 e. The molecule has 1 aliphatic rings. The van der Waals surface area contributed by atoms with Crippen LogP contribution >= 0.6 is 0 Å². The van der Waals surface area contributed by atoms with E-state index in [0.717, 1.165) is 24.8 Å². The number of nitrogen functional groups attached to an aromatic ring is 1. The molecule has 5 heteroatoms. The molecule has 23 heavy (non-hydrogen) atoms. The fraction of sp³-hybridized carbons (Fsp3) is 0.222. The first-order chi connectivity index (χ1) is 11.2. The van der Waals surface area contributed by atoms with Crippen LogP contribution in [0.2, 0.25) is 0 Å². The number of nitrogens with zero attached hydrogens (tertiary/aromatic N) is 1. The standard InChI is InChI=1S/C18H18N2O3/c19-15-10-13(11-21)7-8-17(15)23-12-18(22)20-9-3-5-14-4-1-2-6-16(14)20/h1-2,4,6-8,10-11H,3,5,9,12,19H2. The van der Waals surface area contributed by atoms with Crippen molar-refractivity contribution in [3.8, 4) is 5.75 Å². The van der Waals surface area contributed by atoms with Crippen LogP contribution in [-0.2, 0) is 11.2 Å². The van der Waals surface area contributed by atoms with E-state index in [9.17, 15) is 9.59 Å². The highest BCUT2D eigenvalue weighted by atomic mass is 16.5. The molecule has 0 fully saturated rings. The quantitative estimate of drug-likeness (QED) is 0.695. The van der Waals surface area contributed by atoms with Crippen molar-refractivity contribution in [2.45, 2.75) is 12.8 Å². The lowest BCUT2D eigenvalue weighted by Crippen LogP contribution is -2.38.